The smallest absolute Gasteiger partial charge is 0.245 e. The number of amides is 2. The molecule has 2 heterocycles. The van der Waals surface area contributed by atoms with Crippen molar-refractivity contribution in [3.05, 3.63) is 0 Å². The average Bonchev–Trinajstić information content (AvgIpc) is 2.75. The van der Waals surface area contributed by atoms with Gasteiger partial charge in [0.25, 0.3) is 0 Å². The Balaban J connectivity index is 1.99. The molecule has 2 amide bonds. The van der Waals surface area contributed by atoms with Gasteiger partial charge in [-0.15, -0.1) is 0 Å². The lowest BCUT2D eigenvalue weighted by atomic mass is 10.0. The summed E-state index contributed by atoms with van der Waals surface area (Å²) >= 11 is 0. The Morgan fingerprint density at radius 2 is 2.25 bits per heavy atom. The van der Waals surface area contributed by atoms with Gasteiger partial charge in [-0.3, -0.25) is 9.59 Å². The van der Waals surface area contributed by atoms with Crippen molar-refractivity contribution < 1.29 is 9.59 Å². The van der Waals surface area contributed by atoms with Crippen LogP contribution in [-0.2, 0) is 9.59 Å². The molecule has 2 saturated heterocycles. The highest BCUT2D eigenvalue weighted by Crippen LogP contribution is 2.19. The highest BCUT2D eigenvalue weighted by atomic mass is 16.2. The van der Waals surface area contributed by atoms with Crippen LogP contribution in [0.5, 0.6) is 0 Å². The van der Waals surface area contributed by atoms with E-state index in [1.807, 2.05) is 4.90 Å². The largest absolute Gasteiger partial charge is 0.344 e. The molecule has 0 aliphatic carbocycles. The minimum atomic E-state index is -0.306. The quantitative estimate of drug-likeness (QED) is 0.671. The highest BCUT2D eigenvalue weighted by molar-refractivity contribution is 5.91. The van der Waals surface area contributed by atoms with E-state index >= 15 is 0 Å². The predicted molar refractivity (Wildman–Crippen MR) is 59.6 cm³/mol. The fraction of sp³-hybridized carbons (Fsp3) is 0.818. The minimum Gasteiger partial charge on any atom is -0.344 e. The molecule has 2 aliphatic rings. The van der Waals surface area contributed by atoms with Crippen LogP contribution in [0.4, 0.5) is 0 Å². The van der Waals surface area contributed by atoms with Crippen molar-refractivity contribution in [2.75, 3.05) is 13.1 Å². The van der Waals surface area contributed by atoms with E-state index < -0.39 is 0 Å². The second-order valence-electron chi connectivity index (χ2n) is 4.58. The van der Waals surface area contributed by atoms with Crippen LogP contribution >= 0.6 is 0 Å². The number of likely N-dealkylation sites (tertiary alicyclic amines) is 1. The average molecular weight is 225 g/mol. The van der Waals surface area contributed by atoms with Crippen LogP contribution in [0.15, 0.2) is 0 Å². The van der Waals surface area contributed by atoms with Gasteiger partial charge in [-0.25, -0.2) is 0 Å². The summed E-state index contributed by atoms with van der Waals surface area (Å²) in [7, 11) is 0. The zero-order chi connectivity index (χ0) is 11.5. The van der Waals surface area contributed by atoms with E-state index in [1.54, 1.807) is 0 Å². The Bertz CT molecular complexity index is 293. The fourth-order valence-corrected chi connectivity index (χ4v) is 2.54. The first-order valence-electron chi connectivity index (χ1n) is 6.02. The van der Waals surface area contributed by atoms with E-state index in [1.165, 1.54) is 0 Å². The van der Waals surface area contributed by atoms with Crippen LogP contribution in [-0.4, -0.2) is 41.9 Å². The molecule has 2 fully saturated rings. The molecule has 0 aromatic heterocycles. The molecule has 5 heteroatoms. The van der Waals surface area contributed by atoms with Gasteiger partial charge >= 0.3 is 0 Å². The number of rotatable bonds is 2. The number of carbonyl (C=O) groups excluding carboxylic acids is 2. The molecule has 2 rings (SSSR count). The van der Waals surface area contributed by atoms with Crippen molar-refractivity contribution in [2.24, 2.45) is 5.73 Å². The normalized spacial score (nSPS) is 30.3. The van der Waals surface area contributed by atoms with Gasteiger partial charge in [0.15, 0.2) is 0 Å². The first kappa shape index (κ1) is 11.4. The van der Waals surface area contributed by atoms with Crippen molar-refractivity contribution in [3.8, 4) is 0 Å². The van der Waals surface area contributed by atoms with Crippen molar-refractivity contribution in [1.82, 2.24) is 10.2 Å². The molecule has 3 N–H and O–H groups in total. The molecule has 0 saturated carbocycles. The number of carbonyl (C=O) groups is 2. The molecule has 0 bridgehead atoms. The fourth-order valence-electron chi connectivity index (χ4n) is 2.54. The Morgan fingerprint density at radius 1 is 1.44 bits per heavy atom. The second-order valence-corrected chi connectivity index (χ2v) is 4.58. The topological polar surface area (TPSA) is 75.4 Å². The molecule has 5 nitrogen and oxygen atoms in total. The van der Waals surface area contributed by atoms with E-state index in [0.717, 1.165) is 25.8 Å². The highest BCUT2D eigenvalue weighted by Gasteiger charge is 2.34. The second kappa shape index (κ2) is 4.82. The summed E-state index contributed by atoms with van der Waals surface area (Å²) < 4.78 is 0. The lowest BCUT2D eigenvalue weighted by Gasteiger charge is -2.36. The van der Waals surface area contributed by atoms with Crippen LogP contribution < -0.4 is 11.1 Å². The summed E-state index contributed by atoms with van der Waals surface area (Å²) in [5.74, 6) is 0.0423. The van der Waals surface area contributed by atoms with Gasteiger partial charge in [0.1, 0.15) is 6.04 Å². The zero-order valence-corrected chi connectivity index (χ0v) is 9.45. The van der Waals surface area contributed by atoms with Gasteiger partial charge in [0.05, 0.1) is 0 Å². The zero-order valence-electron chi connectivity index (χ0n) is 9.45. The van der Waals surface area contributed by atoms with Crippen LogP contribution in [0, 0.1) is 0 Å². The number of nitrogens with zero attached hydrogens (tertiary/aromatic N) is 1. The summed E-state index contributed by atoms with van der Waals surface area (Å²) in [5, 5.41) is 2.72. The van der Waals surface area contributed by atoms with Gasteiger partial charge in [0, 0.05) is 25.6 Å². The molecule has 16 heavy (non-hydrogen) atoms. The third-order valence-electron chi connectivity index (χ3n) is 3.48. The van der Waals surface area contributed by atoms with E-state index in [-0.39, 0.29) is 23.9 Å². The molecular weight excluding hydrogens is 206 g/mol. The molecule has 0 radical (unpaired) electrons. The van der Waals surface area contributed by atoms with E-state index in [2.05, 4.69) is 5.32 Å². The molecule has 1 unspecified atom stereocenters. The Morgan fingerprint density at radius 3 is 2.88 bits per heavy atom. The summed E-state index contributed by atoms with van der Waals surface area (Å²) in [4.78, 5) is 25.1. The molecule has 90 valence electrons. The summed E-state index contributed by atoms with van der Waals surface area (Å²) in [6.07, 6.45) is 4.28. The van der Waals surface area contributed by atoms with Gasteiger partial charge in [-0.1, -0.05) is 0 Å². The number of piperidine rings is 1. The lowest BCUT2D eigenvalue weighted by molar-refractivity contribution is -0.137. The molecule has 2 atom stereocenters. The maximum Gasteiger partial charge on any atom is 0.245 e. The van der Waals surface area contributed by atoms with Crippen LogP contribution in [0.1, 0.15) is 32.1 Å². The van der Waals surface area contributed by atoms with Crippen molar-refractivity contribution in [3.63, 3.8) is 0 Å². The van der Waals surface area contributed by atoms with E-state index in [0.29, 0.717) is 19.4 Å². The molecule has 0 aromatic carbocycles. The third-order valence-corrected chi connectivity index (χ3v) is 3.48. The monoisotopic (exact) mass is 225 g/mol. The van der Waals surface area contributed by atoms with Gasteiger partial charge in [-0.05, 0) is 25.7 Å². The standard InChI is InChI=1S/C11H19N3O2/c12-7-8-3-1-2-6-14(8)11(16)9-4-5-10(15)13-9/h8-9H,1-7,12H2,(H,13,15)/t8?,9-/m0/s1. The lowest BCUT2D eigenvalue weighted by Crippen LogP contribution is -2.53. The first-order valence-corrected chi connectivity index (χ1v) is 6.02. The summed E-state index contributed by atoms with van der Waals surface area (Å²) in [5.41, 5.74) is 5.68. The molecular formula is C11H19N3O2. The van der Waals surface area contributed by atoms with Crippen molar-refractivity contribution in [1.29, 1.82) is 0 Å². The van der Waals surface area contributed by atoms with Crippen LogP contribution in [0.3, 0.4) is 0 Å². The summed E-state index contributed by atoms with van der Waals surface area (Å²) in [6.45, 7) is 1.31. The third kappa shape index (κ3) is 2.19. The maximum atomic E-state index is 12.2. The van der Waals surface area contributed by atoms with Crippen LogP contribution in [0.2, 0.25) is 0 Å². The Labute approximate surface area is 95.3 Å². The van der Waals surface area contributed by atoms with Crippen molar-refractivity contribution >= 4 is 11.8 Å². The number of nitrogens with two attached hydrogens (primary N) is 1. The van der Waals surface area contributed by atoms with Crippen molar-refractivity contribution in [2.45, 2.75) is 44.2 Å². The number of hydrogen-bond donors (Lipinski definition) is 2. The van der Waals surface area contributed by atoms with Gasteiger partial charge in [-0.2, -0.15) is 0 Å². The molecule has 2 aliphatic heterocycles. The predicted octanol–water partition coefficient (Wildman–Crippen LogP) is -0.395. The van der Waals surface area contributed by atoms with E-state index in [4.69, 9.17) is 5.73 Å². The number of nitrogens with one attached hydrogen (secondary N) is 1. The molecule has 0 aromatic rings. The van der Waals surface area contributed by atoms with E-state index in [9.17, 15) is 9.59 Å². The van der Waals surface area contributed by atoms with Gasteiger partial charge in [0.2, 0.25) is 11.8 Å². The van der Waals surface area contributed by atoms with Crippen LogP contribution in [0.25, 0.3) is 0 Å². The Kier molecular flexibility index (Phi) is 3.43. The molecule has 0 spiro atoms. The first-order chi connectivity index (χ1) is 7.72. The minimum absolute atomic E-state index is 0.0142. The summed E-state index contributed by atoms with van der Waals surface area (Å²) in [6, 6.07) is -0.140. The Hall–Kier alpha value is -1.10. The van der Waals surface area contributed by atoms with Gasteiger partial charge < -0.3 is 16.0 Å². The SMILES string of the molecule is NCC1CCCCN1C(=O)[C@@H]1CCC(=O)N1. The maximum absolute atomic E-state index is 12.2. The number of hydrogen-bond acceptors (Lipinski definition) is 3.